The summed E-state index contributed by atoms with van der Waals surface area (Å²) in [5.74, 6) is 0.429. The van der Waals surface area contributed by atoms with Gasteiger partial charge in [-0.15, -0.1) is 0 Å². The lowest BCUT2D eigenvalue weighted by Gasteiger charge is -2.13. The third-order valence-electron chi connectivity index (χ3n) is 3.90. The van der Waals surface area contributed by atoms with Gasteiger partial charge < -0.3 is 10.1 Å². The number of fused-ring (bicyclic) bond motifs is 1. The van der Waals surface area contributed by atoms with E-state index in [-0.39, 0.29) is 12.5 Å². The predicted octanol–water partition coefficient (Wildman–Crippen LogP) is 4.18. The molecular weight excluding hydrogens is 300 g/mol. The minimum atomic E-state index is -0.182. The van der Waals surface area contributed by atoms with Gasteiger partial charge in [0.1, 0.15) is 11.3 Å². The lowest BCUT2D eigenvalue weighted by Crippen LogP contribution is -2.21. The topological polar surface area (TPSA) is 51.2 Å². The number of aryl methyl sites for hydroxylation is 3. The summed E-state index contributed by atoms with van der Waals surface area (Å²) >= 11 is 0. The number of carbonyl (C=O) groups excluding carboxylic acids is 1. The Labute approximate surface area is 141 Å². The van der Waals surface area contributed by atoms with Crippen LogP contribution in [0.3, 0.4) is 0 Å². The molecule has 1 aromatic heterocycles. The number of hydrogen-bond acceptors (Lipinski definition) is 3. The van der Waals surface area contributed by atoms with Crippen LogP contribution in [0.2, 0.25) is 0 Å². The number of para-hydroxylation sites is 1. The second kappa shape index (κ2) is 6.71. The molecule has 0 fully saturated rings. The highest BCUT2D eigenvalue weighted by atomic mass is 16.5. The van der Waals surface area contributed by atoms with Crippen molar-refractivity contribution in [3.63, 3.8) is 0 Å². The maximum absolute atomic E-state index is 12.3. The summed E-state index contributed by atoms with van der Waals surface area (Å²) < 4.78 is 5.68. The van der Waals surface area contributed by atoms with Gasteiger partial charge in [0, 0.05) is 17.3 Å². The molecule has 2 aromatic carbocycles. The monoisotopic (exact) mass is 320 g/mol. The van der Waals surface area contributed by atoms with Crippen molar-refractivity contribution in [3.05, 3.63) is 65.4 Å². The SMILES string of the molecule is Cc1cc(C)c(NC(=O)COc2cccc3cccnc23)c(C)c1. The van der Waals surface area contributed by atoms with Gasteiger partial charge in [0.2, 0.25) is 0 Å². The van der Waals surface area contributed by atoms with E-state index in [1.165, 1.54) is 5.56 Å². The van der Waals surface area contributed by atoms with Gasteiger partial charge >= 0.3 is 0 Å². The molecule has 4 heteroatoms. The maximum Gasteiger partial charge on any atom is 0.262 e. The predicted molar refractivity (Wildman–Crippen MR) is 96.5 cm³/mol. The largest absolute Gasteiger partial charge is 0.481 e. The number of hydrogen-bond donors (Lipinski definition) is 1. The molecule has 1 N–H and O–H groups in total. The van der Waals surface area contributed by atoms with E-state index in [1.54, 1.807) is 6.20 Å². The first kappa shape index (κ1) is 16.0. The van der Waals surface area contributed by atoms with E-state index in [1.807, 2.05) is 51.1 Å². The second-order valence-corrected chi connectivity index (χ2v) is 5.94. The molecule has 0 unspecified atom stereocenters. The average molecular weight is 320 g/mol. The van der Waals surface area contributed by atoms with Gasteiger partial charge in [-0.3, -0.25) is 9.78 Å². The summed E-state index contributed by atoms with van der Waals surface area (Å²) in [5.41, 5.74) is 4.89. The smallest absolute Gasteiger partial charge is 0.262 e. The van der Waals surface area contributed by atoms with Gasteiger partial charge in [0.25, 0.3) is 5.91 Å². The fraction of sp³-hybridized carbons (Fsp3) is 0.200. The van der Waals surface area contributed by atoms with Crippen LogP contribution in [0.15, 0.2) is 48.7 Å². The van der Waals surface area contributed by atoms with E-state index < -0.39 is 0 Å². The molecular formula is C20H20N2O2. The maximum atomic E-state index is 12.3. The van der Waals surface area contributed by atoms with Crippen molar-refractivity contribution in [2.45, 2.75) is 20.8 Å². The van der Waals surface area contributed by atoms with Gasteiger partial charge in [-0.05, 0) is 44.0 Å². The summed E-state index contributed by atoms with van der Waals surface area (Å²) in [6.45, 7) is 5.97. The molecule has 0 aliphatic heterocycles. The Hall–Kier alpha value is -2.88. The Morgan fingerprint density at radius 2 is 1.79 bits per heavy atom. The summed E-state index contributed by atoms with van der Waals surface area (Å²) in [6, 6.07) is 13.6. The molecule has 1 heterocycles. The average Bonchev–Trinajstić information content (AvgIpc) is 2.56. The molecule has 0 saturated heterocycles. The Morgan fingerprint density at radius 3 is 2.54 bits per heavy atom. The molecule has 0 atom stereocenters. The van der Waals surface area contributed by atoms with Gasteiger partial charge in [-0.25, -0.2) is 0 Å². The molecule has 0 spiro atoms. The highest BCUT2D eigenvalue weighted by Crippen LogP contribution is 2.24. The minimum absolute atomic E-state index is 0.0531. The van der Waals surface area contributed by atoms with Crippen molar-refractivity contribution in [2.24, 2.45) is 0 Å². The molecule has 3 aromatic rings. The number of pyridine rings is 1. The number of anilines is 1. The summed E-state index contributed by atoms with van der Waals surface area (Å²) in [4.78, 5) is 16.6. The van der Waals surface area contributed by atoms with Crippen molar-refractivity contribution in [3.8, 4) is 5.75 Å². The van der Waals surface area contributed by atoms with Crippen molar-refractivity contribution >= 4 is 22.5 Å². The van der Waals surface area contributed by atoms with E-state index in [0.29, 0.717) is 5.75 Å². The lowest BCUT2D eigenvalue weighted by molar-refractivity contribution is -0.118. The van der Waals surface area contributed by atoms with Gasteiger partial charge in [0.05, 0.1) is 0 Å². The number of ether oxygens (including phenoxy) is 1. The van der Waals surface area contributed by atoms with Crippen LogP contribution in [0, 0.1) is 20.8 Å². The fourth-order valence-electron chi connectivity index (χ4n) is 2.89. The number of nitrogens with one attached hydrogen (secondary N) is 1. The van der Waals surface area contributed by atoms with Gasteiger partial charge in [-0.1, -0.05) is 35.9 Å². The molecule has 24 heavy (non-hydrogen) atoms. The van der Waals surface area contributed by atoms with Crippen LogP contribution in [0.1, 0.15) is 16.7 Å². The number of rotatable bonds is 4. The van der Waals surface area contributed by atoms with Crippen molar-refractivity contribution in [1.82, 2.24) is 4.98 Å². The van der Waals surface area contributed by atoms with Crippen LogP contribution >= 0.6 is 0 Å². The van der Waals surface area contributed by atoms with Crippen LogP contribution in [0.25, 0.3) is 10.9 Å². The minimum Gasteiger partial charge on any atom is -0.481 e. The first-order valence-corrected chi connectivity index (χ1v) is 7.89. The van der Waals surface area contributed by atoms with E-state index in [2.05, 4.69) is 22.4 Å². The zero-order chi connectivity index (χ0) is 17.1. The quantitative estimate of drug-likeness (QED) is 0.784. The first-order valence-electron chi connectivity index (χ1n) is 7.89. The highest BCUT2D eigenvalue weighted by Gasteiger charge is 2.10. The van der Waals surface area contributed by atoms with Crippen LogP contribution in [-0.2, 0) is 4.79 Å². The van der Waals surface area contributed by atoms with Crippen LogP contribution in [0.5, 0.6) is 5.75 Å². The van der Waals surface area contributed by atoms with E-state index in [0.717, 1.165) is 27.7 Å². The summed E-state index contributed by atoms with van der Waals surface area (Å²) in [7, 11) is 0. The van der Waals surface area contributed by atoms with E-state index in [9.17, 15) is 4.79 Å². The summed E-state index contributed by atoms with van der Waals surface area (Å²) in [6.07, 6.45) is 1.72. The third kappa shape index (κ3) is 3.38. The Bertz CT molecular complexity index is 875. The fourth-order valence-corrected chi connectivity index (χ4v) is 2.89. The first-order chi connectivity index (χ1) is 11.5. The van der Waals surface area contributed by atoms with Crippen LogP contribution in [-0.4, -0.2) is 17.5 Å². The molecule has 3 rings (SSSR count). The third-order valence-corrected chi connectivity index (χ3v) is 3.90. The lowest BCUT2D eigenvalue weighted by atomic mass is 10.1. The molecule has 4 nitrogen and oxygen atoms in total. The molecule has 0 aliphatic carbocycles. The highest BCUT2D eigenvalue weighted by molar-refractivity contribution is 5.94. The van der Waals surface area contributed by atoms with Gasteiger partial charge in [-0.2, -0.15) is 0 Å². The normalized spacial score (nSPS) is 10.6. The second-order valence-electron chi connectivity index (χ2n) is 5.94. The number of amides is 1. The van der Waals surface area contributed by atoms with Crippen LogP contribution < -0.4 is 10.1 Å². The molecule has 0 aliphatic rings. The molecule has 0 bridgehead atoms. The molecule has 122 valence electrons. The Balaban J connectivity index is 1.72. The number of nitrogens with zero attached hydrogens (tertiary/aromatic N) is 1. The molecule has 1 amide bonds. The van der Waals surface area contributed by atoms with E-state index >= 15 is 0 Å². The Morgan fingerprint density at radius 1 is 1.08 bits per heavy atom. The number of carbonyl (C=O) groups is 1. The molecule has 0 saturated carbocycles. The zero-order valence-corrected chi connectivity index (χ0v) is 14.1. The molecule has 0 radical (unpaired) electrons. The standard InChI is InChI=1S/C20H20N2O2/c1-13-10-14(2)19(15(3)11-13)22-18(23)12-24-17-8-4-6-16-7-5-9-21-20(16)17/h4-11H,12H2,1-3H3,(H,22,23). The van der Waals surface area contributed by atoms with Gasteiger partial charge in [0.15, 0.2) is 6.61 Å². The Kier molecular flexibility index (Phi) is 4.47. The van der Waals surface area contributed by atoms with Crippen molar-refractivity contribution < 1.29 is 9.53 Å². The van der Waals surface area contributed by atoms with E-state index in [4.69, 9.17) is 4.74 Å². The zero-order valence-electron chi connectivity index (χ0n) is 14.1. The van der Waals surface area contributed by atoms with Crippen molar-refractivity contribution in [2.75, 3.05) is 11.9 Å². The van der Waals surface area contributed by atoms with Crippen LogP contribution in [0.4, 0.5) is 5.69 Å². The number of aromatic nitrogens is 1. The number of benzene rings is 2. The van der Waals surface area contributed by atoms with Crippen molar-refractivity contribution in [1.29, 1.82) is 0 Å². The summed E-state index contributed by atoms with van der Waals surface area (Å²) in [5, 5.41) is 3.93.